The highest BCUT2D eigenvalue weighted by molar-refractivity contribution is 5.98. The molecule has 1 aromatic heterocycles. The Morgan fingerprint density at radius 2 is 1.57 bits per heavy atom. The van der Waals surface area contributed by atoms with Gasteiger partial charge in [0.2, 0.25) is 11.2 Å². The third kappa shape index (κ3) is 3.57. The van der Waals surface area contributed by atoms with Crippen LogP contribution in [0.15, 0.2) is 82.0 Å². The van der Waals surface area contributed by atoms with E-state index >= 15 is 0 Å². The Morgan fingerprint density at radius 1 is 0.900 bits per heavy atom. The first kappa shape index (κ1) is 19.5. The van der Waals surface area contributed by atoms with Crippen molar-refractivity contribution in [2.45, 2.75) is 6.92 Å². The SMILES string of the molecule is CCOC(=O)c1oc2cc(OC)ccc2c(=O)c1-c1ccc(-c2ccccc2)cc1. The van der Waals surface area contributed by atoms with Crippen molar-refractivity contribution >= 4 is 16.9 Å². The maximum Gasteiger partial charge on any atom is 0.375 e. The molecule has 0 amide bonds. The number of ether oxygens (including phenoxy) is 2. The van der Waals surface area contributed by atoms with E-state index in [9.17, 15) is 9.59 Å². The van der Waals surface area contributed by atoms with Gasteiger partial charge in [-0.15, -0.1) is 0 Å². The molecule has 0 atom stereocenters. The van der Waals surface area contributed by atoms with Crippen LogP contribution in [0.5, 0.6) is 5.75 Å². The van der Waals surface area contributed by atoms with Gasteiger partial charge in [0.15, 0.2) is 0 Å². The largest absolute Gasteiger partial charge is 0.497 e. The van der Waals surface area contributed by atoms with E-state index in [-0.39, 0.29) is 28.9 Å². The van der Waals surface area contributed by atoms with E-state index in [0.29, 0.717) is 16.7 Å². The maximum absolute atomic E-state index is 13.3. The standard InChI is InChI=1S/C25H20O5/c1-3-29-25(27)24-22(23(26)20-14-13-19(28-2)15-21(20)30-24)18-11-9-17(10-12-18)16-7-5-4-6-8-16/h4-15H,3H2,1-2H3. The third-order valence-electron chi connectivity index (χ3n) is 4.84. The molecule has 4 rings (SSSR count). The summed E-state index contributed by atoms with van der Waals surface area (Å²) in [6.07, 6.45) is 0. The van der Waals surface area contributed by atoms with E-state index < -0.39 is 5.97 Å². The number of hydrogen-bond acceptors (Lipinski definition) is 5. The fourth-order valence-corrected chi connectivity index (χ4v) is 3.36. The molecule has 0 aliphatic carbocycles. The zero-order chi connectivity index (χ0) is 21.1. The van der Waals surface area contributed by atoms with Crippen molar-refractivity contribution in [3.63, 3.8) is 0 Å². The number of rotatable bonds is 5. The van der Waals surface area contributed by atoms with E-state index in [2.05, 4.69) is 0 Å². The zero-order valence-electron chi connectivity index (χ0n) is 16.7. The van der Waals surface area contributed by atoms with Gasteiger partial charge in [0, 0.05) is 6.07 Å². The van der Waals surface area contributed by atoms with Crippen molar-refractivity contribution in [3.05, 3.63) is 88.8 Å². The molecule has 150 valence electrons. The van der Waals surface area contributed by atoms with Crippen LogP contribution >= 0.6 is 0 Å². The molecular weight excluding hydrogens is 380 g/mol. The molecule has 0 aliphatic heterocycles. The van der Waals surface area contributed by atoms with Crippen LogP contribution in [-0.4, -0.2) is 19.7 Å². The summed E-state index contributed by atoms with van der Waals surface area (Å²) < 4.78 is 16.2. The van der Waals surface area contributed by atoms with Gasteiger partial charge in [0.1, 0.15) is 11.3 Å². The third-order valence-corrected chi connectivity index (χ3v) is 4.84. The Hall–Kier alpha value is -3.86. The maximum atomic E-state index is 13.3. The summed E-state index contributed by atoms with van der Waals surface area (Å²) in [5.41, 5.74) is 2.82. The van der Waals surface area contributed by atoms with Crippen molar-refractivity contribution in [2.75, 3.05) is 13.7 Å². The lowest BCUT2D eigenvalue weighted by molar-refractivity contribution is 0.0492. The molecule has 0 spiro atoms. The minimum absolute atomic E-state index is 0.116. The second kappa shape index (κ2) is 8.25. The Labute approximate surface area is 173 Å². The Balaban J connectivity index is 1.90. The summed E-state index contributed by atoms with van der Waals surface area (Å²) in [6.45, 7) is 1.87. The molecule has 0 N–H and O–H groups in total. The minimum Gasteiger partial charge on any atom is -0.497 e. The van der Waals surface area contributed by atoms with E-state index in [1.54, 1.807) is 25.1 Å². The van der Waals surface area contributed by atoms with Gasteiger partial charge in [-0.2, -0.15) is 0 Å². The smallest absolute Gasteiger partial charge is 0.375 e. The highest BCUT2D eigenvalue weighted by Crippen LogP contribution is 2.29. The number of methoxy groups -OCH3 is 1. The quantitative estimate of drug-likeness (QED) is 0.425. The molecule has 0 saturated heterocycles. The monoisotopic (exact) mass is 400 g/mol. The normalized spacial score (nSPS) is 10.7. The first-order valence-electron chi connectivity index (χ1n) is 9.60. The highest BCUT2D eigenvalue weighted by atomic mass is 16.5. The van der Waals surface area contributed by atoms with Crippen molar-refractivity contribution in [1.82, 2.24) is 0 Å². The van der Waals surface area contributed by atoms with Crippen LogP contribution in [0.25, 0.3) is 33.2 Å². The molecule has 5 nitrogen and oxygen atoms in total. The van der Waals surface area contributed by atoms with Crippen LogP contribution in [0.2, 0.25) is 0 Å². The number of carbonyl (C=O) groups is 1. The molecule has 3 aromatic carbocycles. The molecule has 0 unspecified atom stereocenters. The Morgan fingerprint density at radius 3 is 2.23 bits per heavy atom. The number of carbonyl (C=O) groups excluding carboxylic acids is 1. The fraction of sp³-hybridized carbons (Fsp3) is 0.120. The van der Waals surface area contributed by atoms with Crippen molar-refractivity contribution in [2.24, 2.45) is 0 Å². The second-order valence-electron chi connectivity index (χ2n) is 6.66. The molecule has 30 heavy (non-hydrogen) atoms. The molecular formula is C25H20O5. The van der Waals surface area contributed by atoms with E-state index in [0.717, 1.165) is 11.1 Å². The first-order valence-corrected chi connectivity index (χ1v) is 9.60. The Bertz CT molecular complexity index is 1250. The fourth-order valence-electron chi connectivity index (χ4n) is 3.36. The van der Waals surface area contributed by atoms with Gasteiger partial charge in [-0.25, -0.2) is 4.79 Å². The van der Waals surface area contributed by atoms with Crippen LogP contribution < -0.4 is 10.2 Å². The predicted molar refractivity (Wildman–Crippen MR) is 116 cm³/mol. The molecule has 1 heterocycles. The molecule has 5 heteroatoms. The number of benzene rings is 3. The van der Waals surface area contributed by atoms with Gasteiger partial charge in [-0.1, -0.05) is 54.6 Å². The predicted octanol–water partition coefficient (Wildman–Crippen LogP) is 5.31. The summed E-state index contributed by atoms with van der Waals surface area (Å²) >= 11 is 0. The first-order chi connectivity index (χ1) is 14.6. The second-order valence-corrected chi connectivity index (χ2v) is 6.66. The summed E-state index contributed by atoms with van der Waals surface area (Å²) in [6, 6.07) is 22.3. The average Bonchev–Trinajstić information content (AvgIpc) is 2.79. The van der Waals surface area contributed by atoms with Gasteiger partial charge in [-0.05, 0) is 35.7 Å². The number of esters is 1. The van der Waals surface area contributed by atoms with Crippen molar-refractivity contribution in [3.8, 4) is 28.0 Å². The van der Waals surface area contributed by atoms with Crippen LogP contribution in [0.1, 0.15) is 17.5 Å². The van der Waals surface area contributed by atoms with E-state index in [4.69, 9.17) is 13.9 Å². The van der Waals surface area contributed by atoms with Crippen molar-refractivity contribution < 1.29 is 18.7 Å². The molecule has 0 fully saturated rings. The summed E-state index contributed by atoms with van der Waals surface area (Å²) in [5.74, 6) is -0.267. The summed E-state index contributed by atoms with van der Waals surface area (Å²) in [7, 11) is 1.52. The van der Waals surface area contributed by atoms with Gasteiger partial charge in [-0.3, -0.25) is 4.79 Å². The van der Waals surface area contributed by atoms with Crippen molar-refractivity contribution in [1.29, 1.82) is 0 Å². The number of hydrogen-bond donors (Lipinski definition) is 0. The average molecular weight is 400 g/mol. The highest BCUT2D eigenvalue weighted by Gasteiger charge is 2.23. The lowest BCUT2D eigenvalue weighted by Crippen LogP contribution is -2.15. The van der Waals surface area contributed by atoms with E-state index in [1.807, 2.05) is 54.6 Å². The van der Waals surface area contributed by atoms with Crippen LogP contribution in [0.4, 0.5) is 0 Å². The van der Waals surface area contributed by atoms with Crippen LogP contribution in [0.3, 0.4) is 0 Å². The lowest BCUT2D eigenvalue weighted by Gasteiger charge is -2.11. The Kier molecular flexibility index (Phi) is 5.35. The topological polar surface area (TPSA) is 65.7 Å². The van der Waals surface area contributed by atoms with Gasteiger partial charge < -0.3 is 13.9 Å². The zero-order valence-corrected chi connectivity index (χ0v) is 16.7. The molecule has 4 aromatic rings. The molecule has 0 aliphatic rings. The molecule has 0 saturated carbocycles. The van der Waals surface area contributed by atoms with Crippen LogP contribution in [0, 0.1) is 0 Å². The summed E-state index contributed by atoms with van der Waals surface area (Å²) in [5, 5.41) is 0.367. The summed E-state index contributed by atoms with van der Waals surface area (Å²) in [4.78, 5) is 25.9. The van der Waals surface area contributed by atoms with Gasteiger partial charge in [0.25, 0.3) is 0 Å². The minimum atomic E-state index is -0.679. The molecule has 0 radical (unpaired) electrons. The van der Waals surface area contributed by atoms with Gasteiger partial charge >= 0.3 is 5.97 Å². The van der Waals surface area contributed by atoms with Crippen LogP contribution in [-0.2, 0) is 4.74 Å². The number of fused-ring (bicyclic) bond motifs is 1. The van der Waals surface area contributed by atoms with E-state index in [1.165, 1.54) is 7.11 Å². The molecule has 0 bridgehead atoms. The lowest BCUT2D eigenvalue weighted by atomic mass is 9.98. The van der Waals surface area contributed by atoms with Gasteiger partial charge in [0.05, 0.1) is 24.7 Å².